The minimum absolute atomic E-state index is 0.00889. The summed E-state index contributed by atoms with van der Waals surface area (Å²) in [5.74, 6) is -0.00889. The standard InChI is InChI=1S/C16H23ClN4OS/c1-19-6-8-21(9-7-19)5-3-4-18-16(22)13-10-14-12(20(13)2)11-15(17)23-14/h10-11H,3-9H2,1-2H3,(H,18,22). The first-order chi connectivity index (χ1) is 11.0. The second kappa shape index (κ2) is 7.21. The Kier molecular flexibility index (Phi) is 5.26. The molecule has 1 aliphatic heterocycles. The van der Waals surface area contributed by atoms with E-state index in [0.29, 0.717) is 12.2 Å². The van der Waals surface area contributed by atoms with Crippen molar-refractivity contribution in [2.45, 2.75) is 6.42 Å². The third-order valence-electron chi connectivity index (χ3n) is 4.47. The number of fused-ring (bicyclic) bond motifs is 1. The second-order valence-electron chi connectivity index (χ2n) is 6.14. The van der Waals surface area contributed by atoms with E-state index in [4.69, 9.17) is 11.6 Å². The van der Waals surface area contributed by atoms with Gasteiger partial charge in [0, 0.05) is 39.8 Å². The number of amides is 1. The molecule has 1 saturated heterocycles. The lowest BCUT2D eigenvalue weighted by Gasteiger charge is -2.32. The van der Waals surface area contributed by atoms with Crippen molar-refractivity contribution >= 4 is 39.1 Å². The molecule has 3 heterocycles. The van der Waals surface area contributed by atoms with Crippen LogP contribution < -0.4 is 5.32 Å². The second-order valence-corrected chi connectivity index (χ2v) is 7.86. The molecule has 1 N–H and O–H groups in total. The van der Waals surface area contributed by atoms with E-state index in [1.54, 1.807) is 0 Å². The highest BCUT2D eigenvalue weighted by molar-refractivity contribution is 7.22. The molecule has 2 aromatic rings. The molecule has 0 aromatic carbocycles. The quantitative estimate of drug-likeness (QED) is 0.837. The van der Waals surface area contributed by atoms with E-state index in [9.17, 15) is 4.79 Å². The van der Waals surface area contributed by atoms with E-state index >= 15 is 0 Å². The summed E-state index contributed by atoms with van der Waals surface area (Å²) in [6.45, 7) is 6.28. The Morgan fingerprint density at radius 2 is 2.00 bits per heavy atom. The first-order valence-corrected chi connectivity index (χ1v) is 9.18. The summed E-state index contributed by atoms with van der Waals surface area (Å²) in [5.41, 5.74) is 1.71. The summed E-state index contributed by atoms with van der Waals surface area (Å²) in [7, 11) is 4.07. The third kappa shape index (κ3) is 3.88. The maximum absolute atomic E-state index is 12.3. The van der Waals surface area contributed by atoms with Crippen LogP contribution in [0, 0.1) is 0 Å². The topological polar surface area (TPSA) is 40.5 Å². The molecule has 0 aliphatic carbocycles. The van der Waals surface area contributed by atoms with Crippen LogP contribution in [0.3, 0.4) is 0 Å². The molecule has 1 fully saturated rings. The molecule has 1 amide bonds. The molecular formula is C16H23ClN4OS. The highest BCUT2D eigenvalue weighted by atomic mass is 35.5. The summed E-state index contributed by atoms with van der Waals surface area (Å²) in [5, 5.41) is 3.03. The monoisotopic (exact) mass is 354 g/mol. The van der Waals surface area contributed by atoms with Crippen molar-refractivity contribution in [2.24, 2.45) is 7.05 Å². The van der Waals surface area contributed by atoms with Gasteiger partial charge in [-0.2, -0.15) is 0 Å². The summed E-state index contributed by atoms with van der Waals surface area (Å²) < 4.78 is 3.72. The van der Waals surface area contributed by atoms with Gasteiger partial charge in [0.1, 0.15) is 5.69 Å². The van der Waals surface area contributed by atoms with Crippen molar-refractivity contribution in [3.8, 4) is 0 Å². The van der Waals surface area contributed by atoms with Crippen molar-refractivity contribution in [3.05, 3.63) is 22.2 Å². The number of likely N-dealkylation sites (N-methyl/N-ethyl adjacent to an activating group) is 1. The van der Waals surface area contributed by atoms with Gasteiger partial charge in [-0.3, -0.25) is 4.79 Å². The van der Waals surface area contributed by atoms with Crippen LogP contribution in [-0.4, -0.2) is 66.6 Å². The Hall–Kier alpha value is -1.08. The Bertz CT molecular complexity index is 688. The van der Waals surface area contributed by atoms with Gasteiger partial charge in [0.25, 0.3) is 5.91 Å². The number of aryl methyl sites for hydroxylation is 1. The van der Waals surface area contributed by atoms with Gasteiger partial charge >= 0.3 is 0 Å². The van der Waals surface area contributed by atoms with Gasteiger partial charge in [-0.05, 0) is 32.1 Å². The van der Waals surface area contributed by atoms with Gasteiger partial charge < -0.3 is 19.7 Å². The number of halogens is 1. The predicted molar refractivity (Wildman–Crippen MR) is 96.7 cm³/mol. The zero-order chi connectivity index (χ0) is 16.4. The number of aromatic nitrogens is 1. The van der Waals surface area contributed by atoms with Crippen molar-refractivity contribution in [3.63, 3.8) is 0 Å². The minimum Gasteiger partial charge on any atom is -0.351 e. The van der Waals surface area contributed by atoms with Crippen LogP contribution >= 0.6 is 22.9 Å². The molecule has 3 rings (SSSR count). The fourth-order valence-corrected chi connectivity index (χ4v) is 4.17. The van der Waals surface area contributed by atoms with Gasteiger partial charge in [-0.1, -0.05) is 11.6 Å². The summed E-state index contributed by atoms with van der Waals surface area (Å²) in [6.07, 6.45) is 0.986. The van der Waals surface area contributed by atoms with Crippen molar-refractivity contribution < 1.29 is 4.79 Å². The molecule has 126 valence electrons. The van der Waals surface area contributed by atoms with Crippen molar-refractivity contribution in [1.29, 1.82) is 0 Å². The molecular weight excluding hydrogens is 332 g/mol. The predicted octanol–water partition coefficient (Wildman–Crippen LogP) is 2.26. The lowest BCUT2D eigenvalue weighted by molar-refractivity contribution is 0.0942. The Morgan fingerprint density at radius 1 is 1.26 bits per heavy atom. The Labute approximate surface area is 145 Å². The van der Waals surface area contributed by atoms with Crippen LogP contribution in [0.5, 0.6) is 0 Å². The average molecular weight is 355 g/mol. The smallest absolute Gasteiger partial charge is 0.267 e. The molecule has 0 saturated carbocycles. The number of piperazine rings is 1. The molecule has 1 aliphatic rings. The summed E-state index contributed by atoms with van der Waals surface area (Å²) in [4.78, 5) is 17.1. The van der Waals surface area contributed by atoms with E-state index < -0.39 is 0 Å². The maximum Gasteiger partial charge on any atom is 0.267 e. The fourth-order valence-electron chi connectivity index (χ4n) is 2.97. The summed E-state index contributed by atoms with van der Waals surface area (Å²) in [6, 6.07) is 3.83. The molecule has 0 bridgehead atoms. The number of carbonyl (C=O) groups excluding carboxylic acids is 1. The number of rotatable bonds is 5. The van der Waals surface area contributed by atoms with Gasteiger partial charge in [-0.15, -0.1) is 11.3 Å². The van der Waals surface area contributed by atoms with E-state index in [1.807, 2.05) is 23.7 Å². The molecule has 0 unspecified atom stereocenters. The van der Waals surface area contributed by atoms with Crippen LogP contribution in [0.4, 0.5) is 0 Å². The number of carbonyl (C=O) groups is 1. The number of nitrogens with one attached hydrogen (secondary N) is 1. The third-order valence-corrected chi connectivity index (χ3v) is 5.67. The zero-order valence-electron chi connectivity index (χ0n) is 13.6. The average Bonchev–Trinajstić information content (AvgIpc) is 3.03. The van der Waals surface area contributed by atoms with Crippen LogP contribution in [0.25, 0.3) is 10.2 Å². The summed E-state index contributed by atoms with van der Waals surface area (Å²) >= 11 is 7.52. The number of nitrogens with zero attached hydrogens (tertiary/aromatic N) is 3. The Balaban J connectivity index is 1.47. The van der Waals surface area contributed by atoms with E-state index in [0.717, 1.165) is 53.7 Å². The molecule has 23 heavy (non-hydrogen) atoms. The van der Waals surface area contributed by atoms with Crippen LogP contribution in [0.1, 0.15) is 16.9 Å². The van der Waals surface area contributed by atoms with Gasteiger partial charge in [-0.25, -0.2) is 0 Å². The van der Waals surface area contributed by atoms with Crippen molar-refractivity contribution in [1.82, 2.24) is 19.7 Å². The fraction of sp³-hybridized carbons (Fsp3) is 0.562. The molecule has 7 heteroatoms. The SMILES string of the molecule is CN1CCN(CCCNC(=O)c2cc3sc(Cl)cc3n2C)CC1. The van der Waals surface area contributed by atoms with Gasteiger partial charge in [0.05, 0.1) is 14.6 Å². The molecule has 0 atom stereocenters. The van der Waals surface area contributed by atoms with Crippen LogP contribution in [0.15, 0.2) is 12.1 Å². The molecule has 5 nitrogen and oxygen atoms in total. The first-order valence-electron chi connectivity index (χ1n) is 7.98. The number of hydrogen-bond donors (Lipinski definition) is 1. The maximum atomic E-state index is 12.3. The van der Waals surface area contributed by atoms with Crippen LogP contribution in [0.2, 0.25) is 4.34 Å². The number of hydrogen-bond acceptors (Lipinski definition) is 4. The Morgan fingerprint density at radius 3 is 2.70 bits per heavy atom. The molecule has 0 radical (unpaired) electrons. The zero-order valence-corrected chi connectivity index (χ0v) is 15.2. The highest BCUT2D eigenvalue weighted by Crippen LogP contribution is 2.31. The lowest BCUT2D eigenvalue weighted by atomic mass is 10.3. The highest BCUT2D eigenvalue weighted by Gasteiger charge is 2.16. The minimum atomic E-state index is -0.00889. The lowest BCUT2D eigenvalue weighted by Crippen LogP contribution is -2.45. The first kappa shape index (κ1) is 16.8. The molecule has 0 spiro atoms. The van der Waals surface area contributed by atoms with E-state index in [1.165, 1.54) is 11.3 Å². The van der Waals surface area contributed by atoms with Crippen molar-refractivity contribution in [2.75, 3.05) is 46.3 Å². The molecule has 2 aromatic heterocycles. The van der Waals surface area contributed by atoms with Gasteiger partial charge in [0.2, 0.25) is 0 Å². The largest absolute Gasteiger partial charge is 0.351 e. The number of thiophene rings is 1. The normalized spacial score (nSPS) is 17.0. The van der Waals surface area contributed by atoms with E-state index in [2.05, 4.69) is 22.2 Å². The van der Waals surface area contributed by atoms with Crippen LogP contribution in [-0.2, 0) is 7.05 Å². The van der Waals surface area contributed by atoms with E-state index in [-0.39, 0.29) is 5.91 Å². The van der Waals surface area contributed by atoms with Gasteiger partial charge in [0.15, 0.2) is 0 Å².